The first-order valence-corrected chi connectivity index (χ1v) is 12.6. The summed E-state index contributed by atoms with van der Waals surface area (Å²) in [5.41, 5.74) is 6.97. The van der Waals surface area contributed by atoms with Crippen LogP contribution < -0.4 is 15.1 Å². The van der Waals surface area contributed by atoms with E-state index in [9.17, 15) is 0 Å². The van der Waals surface area contributed by atoms with E-state index >= 15 is 0 Å². The smallest absolute Gasteiger partial charge is 0.320 e. The summed E-state index contributed by atoms with van der Waals surface area (Å²) in [6, 6.07) is 12.1. The van der Waals surface area contributed by atoms with E-state index in [1.807, 2.05) is 78.8 Å². The zero-order valence-corrected chi connectivity index (χ0v) is 22.6. The van der Waals surface area contributed by atoms with Crippen molar-refractivity contribution in [1.82, 2.24) is 19.9 Å². The predicted octanol–water partition coefficient (Wildman–Crippen LogP) is 5.11. The number of anilines is 2. The Kier molecular flexibility index (Phi) is 12.3. The van der Waals surface area contributed by atoms with E-state index in [1.165, 1.54) is 5.56 Å². The van der Waals surface area contributed by atoms with Gasteiger partial charge in [-0.25, -0.2) is 9.97 Å². The highest BCUT2D eigenvalue weighted by atomic mass is 16.5. The number of nitrogens with one attached hydrogen (secondary N) is 1. The molecule has 1 aliphatic rings. The molecule has 1 saturated heterocycles. The molecule has 2 aromatic heterocycles. The second kappa shape index (κ2) is 15.4. The summed E-state index contributed by atoms with van der Waals surface area (Å²) in [6.07, 6.45) is 1.76. The van der Waals surface area contributed by atoms with Crippen LogP contribution in [0.3, 0.4) is 0 Å². The van der Waals surface area contributed by atoms with E-state index in [4.69, 9.17) is 9.47 Å². The topological polar surface area (TPSA) is 97.7 Å². The molecule has 1 aromatic carbocycles. The molecule has 3 heterocycles. The van der Waals surface area contributed by atoms with E-state index in [0.717, 1.165) is 35.9 Å². The van der Waals surface area contributed by atoms with E-state index in [1.54, 1.807) is 6.21 Å². The first-order valence-electron chi connectivity index (χ1n) is 12.6. The summed E-state index contributed by atoms with van der Waals surface area (Å²) in [6.45, 7) is 16.9. The molecule has 36 heavy (non-hydrogen) atoms. The van der Waals surface area contributed by atoms with Crippen LogP contribution in [0, 0.1) is 20.8 Å². The van der Waals surface area contributed by atoms with E-state index in [-0.39, 0.29) is 12.6 Å². The first-order chi connectivity index (χ1) is 17.5. The molecule has 0 saturated carbocycles. The molecule has 0 bridgehead atoms. The van der Waals surface area contributed by atoms with Gasteiger partial charge in [0.15, 0.2) is 18.2 Å². The van der Waals surface area contributed by atoms with Gasteiger partial charge in [0.1, 0.15) is 5.82 Å². The highest BCUT2D eigenvalue weighted by Crippen LogP contribution is 2.21. The van der Waals surface area contributed by atoms with Crippen LogP contribution in [0.5, 0.6) is 6.01 Å². The van der Waals surface area contributed by atoms with Crippen molar-refractivity contribution in [2.75, 3.05) is 36.6 Å². The van der Waals surface area contributed by atoms with Crippen molar-refractivity contribution in [3.63, 3.8) is 0 Å². The van der Waals surface area contributed by atoms with Crippen LogP contribution in [0.25, 0.3) is 0 Å². The number of hydrogen-bond acceptors (Lipinski definition) is 9. The number of hydrogen-bond donors (Lipinski definition) is 1. The molecule has 9 nitrogen and oxygen atoms in total. The van der Waals surface area contributed by atoms with Crippen molar-refractivity contribution in [1.29, 1.82) is 0 Å². The van der Waals surface area contributed by atoms with E-state index in [0.29, 0.717) is 24.9 Å². The Hall–Kier alpha value is -3.59. The van der Waals surface area contributed by atoms with Crippen LogP contribution in [0.15, 0.2) is 41.5 Å². The summed E-state index contributed by atoms with van der Waals surface area (Å²) < 4.78 is 11.3. The molecule has 0 amide bonds. The largest absolute Gasteiger partial charge is 0.455 e. The molecule has 0 aliphatic carbocycles. The lowest BCUT2D eigenvalue weighted by molar-refractivity contribution is 0.122. The lowest BCUT2D eigenvalue weighted by atomic mass is 10.2. The number of ether oxygens (including phenoxy) is 2. The third-order valence-electron chi connectivity index (χ3n) is 4.82. The normalized spacial score (nSPS) is 12.8. The van der Waals surface area contributed by atoms with Gasteiger partial charge in [-0.3, -0.25) is 5.43 Å². The standard InChI is InChI=1S/C23H27N7O2.2C2H6/c1-16-5-4-6-19(11-16)14-24-29-20-13-22(30-7-9-31-10-8-30)28-23(27-20)32-15-21-25-17(2)12-18(3)26-21;2*1-2/h4-6,11-14H,7-10,15H2,1-3H3,(H,27,28,29);2*1-2H3/b24-14+;;. The van der Waals surface area contributed by atoms with Crippen LogP contribution in [0.4, 0.5) is 11.6 Å². The van der Waals surface area contributed by atoms with Gasteiger partial charge < -0.3 is 14.4 Å². The fourth-order valence-corrected chi connectivity index (χ4v) is 3.41. The van der Waals surface area contributed by atoms with Gasteiger partial charge in [0, 0.05) is 30.5 Å². The van der Waals surface area contributed by atoms with Crippen LogP contribution in [-0.2, 0) is 11.3 Å². The molecule has 1 fully saturated rings. The van der Waals surface area contributed by atoms with E-state index in [2.05, 4.69) is 41.4 Å². The number of aryl methyl sites for hydroxylation is 3. The molecule has 3 aromatic rings. The molecule has 0 atom stereocenters. The van der Waals surface area contributed by atoms with Gasteiger partial charge in [-0.2, -0.15) is 15.1 Å². The number of morpholine rings is 1. The minimum atomic E-state index is 0.182. The number of nitrogens with zero attached hydrogens (tertiary/aromatic N) is 6. The number of aromatic nitrogens is 4. The van der Waals surface area contributed by atoms with Gasteiger partial charge in [-0.15, -0.1) is 0 Å². The van der Waals surface area contributed by atoms with Crippen molar-refractivity contribution in [2.45, 2.75) is 55.1 Å². The van der Waals surface area contributed by atoms with Crippen LogP contribution in [0.2, 0.25) is 0 Å². The molecule has 0 radical (unpaired) electrons. The average molecular weight is 494 g/mol. The van der Waals surface area contributed by atoms with Crippen molar-refractivity contribution in [3.8, 4) is 6.01 Å². The Morgan fingerprint density at radius 2 is 1.64 bits per heavy atom. The molecular weight excluding hydrogens is 454 g/mol. The van der Waals surface area contributed by atoms with Crippen LogP contribution in [0.1, 0.15) is 56.0 Å². The van der Waals surface area contributed by atoms with Crippen molar-refractivity contribution < 1.29 is 9.47 Å². The maximum absolute atomic E-state index is 5.86. The highest BCUT2D eigenvalue weighted by molar-refractivity contribution is 5.80. The SMILES string of the molecule is CC.CC.Cc1cccc(/C=N/Nc2cc(N3CCOCC3)nc(OCc3nc(C)cc(C)n3)n2)c1. The monoisotopic (exact) mass is 493 g/mol. The summed E-state index contributed by atoms with van der Waals surface area (Å²) >= 11 is 0. The van der Waals surface area contributed by atoms with Gasteiger partial charge in [0.05, 0.1) is 19.4 Å². The zero-order chi connectivity index (χ0) is 26.3. The summed E-state index contributed by atoms with van der Waals surface area (Å²) in [5, 5.41) is 4.33. The molecule has 4 rings (SSSR count). The summed E-state index contributed by atoms with van der Waals surface area (Å²) in [4.78, 5) is 20.0. The van der Waals surface area contributed by atoms with Crippen molar-refractivity contribution in [3.05, 3.63) is 64.7 Å². The Morgan fingerprint density at radius 3 is 2.31 bits per heavy atom. The van der Waals surface area contributed by atoms with Crippen molar-refractivity contribution in [2.24, 2.45) is 5.10 Å². The molecule has 9 heteroatoms. The second-order valence-corrected chi connectivity index (χ2v) is 7.63. The molecule has 1 aliphatic heterocycles. The second-order valence-electron chi connectivity index (χ2n) is 7.63. The quantitative estimate of drug-likeness (QED) is 0.358. The fraction of sp³-hybridized carbons (Fsp3) is 0.444. The predicted molar refractivity (Wildman–Crippen MR) is 146 cm³/mol. The molecule has 0 spiro atoms. The van der Waals surface area contributed by atoms with Gasteiger partial charge in [0.25, 0.3) is 0 Å². The third kappa shape index (κ3) is 9.22. The Labute approximate surface area is 215 Å². The fourth-order valence-electron chi connectivity index (χ4n) is 3.41. The minimum Gasteiger partial charge on any atom is -0.455 e. The lowest BCUT2D eigenvalue weighted by Crippen LogP contribution is -2.36. The van der Waals surface area contributed by atoms with Crippen molar-refractivity contribution >= 4 is 17.9 Å². The molecular formula is C27H39N7O2. The molecule has 194 valence electrons. The van der Waals surface area contributed by atoms with Crippen LogP contribution >= 0.6 is 0 Å². The Morgan fingerprint density at radius 1 is 0.944 bits per heavy atom. The molecule has 1 N–H and O–H groups in total. The van der Waals surface area contributed by atoms with Gasteiger partial charge in [0.2, 0.25) is 0 Å². The zero-order valence-electron chi connectivity index (χ0n) is 22.6. The highest BCUT2D eigenvalue weighted by Gasteiger charge is 2.16. The minimum absolute atomic E-state index is 0.182. The maximum Gasteiger partial charge on any atom is 0.320 e. The van der Waals surface area contributed by atoms with E-state index < -0.39 is 0 Å². The van der Waals surface area contributed by atoms with Crippen LogP contribution in [-0.4, -0.2) is 52.5 Å². The molecule has 0 unspecified atom stereocenters. The Balaban J connectivity index is 0.00000109. The van der Waals surface area contributed by atoms with Gasteiger partial charge >= 0.3 is 6.01 Å². The number of benzene rings is 1. The number of hydrazone groups is 1. The number of rotatable bonds is 7. The van der Waals surface area contributed by atoms with Gasteiger partial charge in [-0.05, 0) is 32.4 Å². The third-order valence-corrected chi connectivity index (χ3v) is 4.82. The summed E-state index contributed by atoms with van der Waals surface area (Å²) in [5.74, 6) is 1.89. The lowest BCUT2D eigenvalue weighted by Gasteiger charge is -2.28. The average Bonchev–Trinajstić information content (AvgIpc) is 2.90. The summed E-state index contributed by atoms with van der Waals surface area (Å²) in [7, 11) is 0. The van der Waals surface area contributed by atoms with Gasteiger partial charge in [-0.1, -0.05) is 57.5 Å². The first kappa shape index (κ1) is 28.6. The Bertz CT molecular complexity index is 1080. The maximum atomic E-state index is 5.86.